The minimum atomic E-state index is -1.26. The topological polar surface area (TPSA) is 127 Å². The van der Waals surface area contributed by atoms with E-state index in [-0.39, 0.29) is 5.69 Å². The molecule has 0 aliphatic heterocycles. The second-order valence-electron chi connectivity index (χ2n) is 7.21. The number of carbonyl (C=O) groups excluding carboxylic acids is 2. The van der Waals surface area contributed by atoms with Gasteiger partial charge in [0.15, 0.2) is 5.82 Å². The molecule has 0 fully saturated rings. The molecule has 0 spiro atoms. The molecule has 0 saturated heterocycles. The van der Waals surface area contributed by atoms with E-state index in [9.17, 15) is 14.7 Å². The van der Waals surface area contributed by atoms with Crippen LogP contribution in [0.15, 0.2) is 49.1 Å². The largest absolute Gasteiger partial charge is 0.378 e. The van der Waals surface area contributed by atoms with Crippen molar-refractivity contribution in [2.45, 2.75) is 18.9 Å². The lowest BCUT2D eigenvalue weighted by molar-refractivity contribution is -0.117. The van der Waals surface area contributed by atoms with Gasteiger partial charge in [-0.05, 0) is 19.1 Å². The molecular weight excluding hydrogens is 396 g/mol. The van der Waals surface area contributed by atoms with Gasteiger partial charge in [-0.15, -0.1) is 0 Å². The van der Waals surface area contributed by atoms with E-state index in [0.29, 0.717) is 42.1 Å². The summed E-state index contributed by atoms with van der Waals surface area (Å²) in [5, 5.41) is 10.4. The Hall–Kier alpha value is -4.03. The lowest BCUT2D eigenvalue weighted by Gasteiger charge is -2.19. The summed E-state index contributed by atoms with van der Waals surface area (Å²) < 4.78 is 1.65. The SMILES string of the molecule is CN(C=O)CCC(C)(O)C#Cc1cccc(-c2nc(C(N)=O)cc(-n3ccnc3)n2)c1. The van der Waals surface area contributed by atoms with Crippen LogP contribution in [-0.2, 0) is 4.79 Å². The fourth-order valence-corrected chi connectivity index (χ4v) is 2.67. The van der Waals surface area contributed by atoms with Crippen molar-refractivity contribution in [1.82, 2.24) is 24.4 Å². The highest BCUT2D eigenvalue weighted by atomic mass is 16.3. The molecule has 1 atom stereocenters. The predicted molar refractivity (Wildman–Crippen MR) is 114 cm³/mol. The summed E-state index contributed by atoms with van der Waals surface area (Å²) in [6, 6.07) is 8.62. The van der Waals surface area contributed by atoms with E-state index in [1.54, 1.807) is 61.5 Å². The third-order valence-corrected chi connectivity index (χ3v) is 4.46. The van der Waals surface area contributed by atoms with Gasteiger partial charge in [-0.3, -0.25) is 14.2 Å². The van der Waals surface area contributed by atoms with Crippen LogP contribution in [0, 0.1) is 11.8 Å². The molecule has 0 radical (unpaired) electrons. The minimum absolute atomic E-state index is 0.0763. The van der Waals surface area contributed by atoms with Crippen molar-refractivity contribution in [3.8, 4) is 29.0 Å². The Balaban J connectivity index is 1.92. The summed E-state index contributed by atoms with van der Waals surface area (Å²) in [6.45, 7) is 1.98. The summed E-state index contributed by atoms with van der Waals surface area (Å²) in [5.41, 5.74) is 5.53. The van der Waals surface area contributed by atoms with E-state index in [1.807, 2.05) is 0 Å². The molecule has 3 rings (SSSR count). The Morgan fingerprint density at radius 1 is 1.35 bits per heavy atom. The van der Waals surface area contributed by atoms with Gasteiger partial charge in [0.05, 0.1) is 0 Å². The maximum atomic E-state index is 11.7. The maximum Gasteiger partial charge on any atom is 0.267 e. The number of nitrogens with zero attached hydrogens (tertiary/aromatic N) is 5. The van der Waals surface area contributed by atoms with E-state index in [0.717, 1.165) is 0 Å². The normalized spacial score (nSPS) is 12.4. The van der Waals surface area contributed by atoms with Crippen LogP contribution in [0.1, 0.15) is 29.4 Å². The highest BCUT2D eigenvalue weighted by Crippen LogP contribution is 2.19. The van der Waals surface area contributed by atoms with Crippen LogP contribution >= 0.6 is 0 Å². The third-order valence-electron chi connectivity index (χ3n) is 4.46. The van der Waals surface area contributed by atoms with Crippen molar-refractivity contribution in [3.63, 3.8) is 0 Å². The first-order chi connectivity index (χ1) is 14.8. The number of aliphatic hydroxyl groups is 1. The van der Waals surface area contributed by atoms with Gasteiger partial charge in [-0.25, -0.2) is 15.0 Å². The fraction of sp³-hybridized carbons (Fsp3) is 0.227. The molecule has 9 nitrogen and oxygen atoms in total. The number of hydrogen-bond donors (Lipinski definition) is 2. The Morgan fingerprint density at radius 3 is 2.84 bits per heavy atom. The molecule has 31 heavy (non-hydrogen) atoms. The van der Waals surface area contributed by atoms with Crippen molar-refractivity contribution < 1.29 is 14.7 Å². The van der Waals surface area contributed by atoms with E-state index >= 15 is 0 Å². The van der Waals surface area contributed by atoms with Crippen LogP contribution in [-0.4, -0.2) is 61.0 Å². The summed E-state index contributed by atoms with van der Waals surface area (Å²) in [6.07, 6.45) is 5.87. The van der Waals surface area contributed by atoms with E-state index in [2.05, 4.69) is 26.8 Å². The first-order valence-electron chi connectivity index (χ1n) is 9.46. The van der Waals surface area contributed by atoms with Gasteiger partial charge >= 0.3 is 0 Å². The lowest BCUT2D eigenvalue weighted by Crippen LogP contribution is -2.29. The molecule has 9 heteroatoms. The van der Waals surface area contributed by atoms with Crippen LogP contribution in [0.2, 0.25) is 0 Å². The molecule has 0 aliphatic rings. The Morgan fingerprint density at radius 2 is 2.16 bits per heavy atom. The highest BCUT2D eigenvalue weighted by Gasteiger charge is 2.17. The van der Waals surface area contributed by atoms with Crippen LogP contribution in [0.4, 0.5) is 0 Å². The molecule has 1 unspecified atom stereocenters. The van der Waals surface area contributed by atoms with Crippen LogP contribution in [0.3, 0.4) is 0 Å². The number of carbonyl (C=O) groups is 2. The molecule has 2 heterocycles. The lowest BCUT2D eigenvalue weighted by atomic mass is 10.0. The van der Waals surface area contributed by atoms with Crippen molar-refractivity contribution in [3.05, 3.63) is 60.3 Å². The summed E-state index contributed by atoms with van der Waals surface area (Å²) in [5.74, 6) is 5.87. The molecule has 0 bridgehead atoms. The van der Waals surface area contributed by atoms with E-state index < -0.39 is 11.5 Å². The summed E-state index contributed by atoms with van der Waals surface area (Å²) in [7, 11) is 1.64. The molecule has 158 valence electrons. The minimum Gasteiger partial charge on any atom is -0.378 e. The number of amides is 2. The zero-order chi connectivity index (χ0) is 22.4. The van der Waals surface area contributed by atoms with Crippen LogP contribution < -0.4 is 5.73 Å². The number of rotatable bonds is 7. The molecule has 1 aromatic carbocycles. The first-order valence-corrected chi connectivity index (χ1v) is 9.46. The van der Waals surface area contributed by atoms with Gasteiger partial charge < -0.3 is 15.7 Å². The average Bonchev–Trinajstić information content (AvgIpc) is 3.31. The molecule has 0 saturated carbocycles. The van der Waals surface area contributed by atoms with Crippen molar-refractivity contribution in [1.29, 1.82) is 0 Å². The van der Waals surface area contributed by atoms with Gasteiger partial charge in [-0.2, -0.15) is 0 Å². The number of benzene rings is 1. The maximum absolute atomic E-state index is 11.7. The molecule has 3 N–H and O–H groups in total. The zero-order valence-corrected chi connectivity index (χ0v) is 17.2. The molecule has 0 aliphatic carbocycles. The Labute approximate surface area is 179 Å². The smallest absolute Gasteiger partial charge is 0.267 e. The summed E-state index contributed by atoms with van der Waals surface area (Å²) >= 11 is 0. The van der Waals surface area contributed by atoms with E-state index in [1.165, 1.54) is 11.0 Å². The van der Waals surface area contributed by atoms with Crippen molar-refractivity contribution in [2.24, 2.45) is 5.73 Å². The van der Waals surface area contributed by atoms with E-state index in [4.69, 9.17) is 5.73 Å². The van der Waals surface area contributed by atoms with Gasteiger partial charge in [0, 0.05) is 49.6 Å². The molecule has 2 amide bonds. The third kappa shape index (κ3) is 5.74. The average molecular weight is 418 g/mol. The second kappa shape index (κ2) is 9.19. The Bertz CT molecular complexity index is 1150. The van der Waals surface area contributed by atoms with Gasteiger partial charge in [0.1, 0.15) is 23.4 Å². The van der Waals surface area contributed by atoms with Crippen LogP contribution in [0.25, 0.3) is 17.2 Å². The predicted octanol–water partition coefficient (Wildman–Crippen LogP) is 1.01. The number of nitrogens with two attached hydrogens (primary N) is 1. The number of imidazole rings is 1. The monoisotopic (exact) mass is 418 g/mol. The number of aromatic nitrogens is 4. The Kier molecular flexibility index (Phi) is 6.43. The van der Waals surface area contributed by atoms with Crippen LogP contribution in [0.5, 0.6) is 0 Å². The second-order valence-corrected chi connectivity index (χ2v) is 7.21. The molecule has 2 aromatic heterocycles. The molecular formula is C22H22N6O3. The summed E-state index contributed by atoms with van der Waals surface area (Å²) in [4.78, 5) is 36.7. The first kappa shape index (κ1) is 21.7. The fourth-order valence-electron chi connectivity index (χ4n) is 2.67. The standard InChI is InChI=1S/C22H22N6O3/c1-22(31,8-10-27(2)15-29)7-6-16-4-3-5-17(12-16)21-25-18(20(23)30)13-19(26-21)28-11-9-24-14-28/h3-5,9,11-15,31H,8,10H2,1-2H3,(H2,23,30). The molecule has 3 aromatic rings. The number of hydrogen-bond acceptors (Lipinski definition) is 6. The van der Waals surface area contributed by atoms with Gasteiger partial charge in [-0.1, -0.05) is 24.0 Å². The number of primary amides is 1. The highest BCUT2D eigenvalue weighted by molar-refractivity contribution is 5.91. The van der Waals surface area contributed by atoms with Gasteiger partial charge in [0.2, 0.25) is 6.41 Å². The quantitative estimate of drug-likeness (QED) is 0.435. The van der Waals surface area contributed by atoms with Gasteiger partial charge in [0.25, 0.3) is 5.91 Å². The zero-order valence-electron chi connectivity index (χ0n) is 17.2. The van der Waals surface area contributed by atoms with Crippen molar-refractivity contribution >= 4 is 12.3 Å². The van der Waals surface area contributed by atoms with Crippen molar-refractivity contribution in [2.75, 3.05) is 13.6 Å².